The zero-order valence-electron chi connectivity index (χ0n) is 20.4. The van der Waals surface area contributed by atoms with Crippen LogP contribution in [0.25, 0.3) is 11.1 Å². The number of carbonyl (C=O) groups is 2. The minimum atomic E-state index is -2.07. The molecule has 0 saturated heterocycles. The Morgan fingerprint density at radius 3 is 2.52 bits per heavy atom. The first-order chi connectivity index (χ1) is 16.9. The molecule has 4 rings (SSSR count). The van der Waals surface area contributed by atoms with Crippen LogP contribution in [0.15, 0.2) is 71.5 Å². The van der Waals surface area contributed by atoms with Crippen molar-refractivity contribution >= 4 is 11.9 Å². The summed E-state index contributed by atoms with van der Waals surface area (Å²) >= 11 is 0. The largest absolute Gasteiger partial charge is 0.493 e. The van der Waals surface area contributed by atoms with E-state index in [9.17, 15) is 9.59 Å². The number of carbonyl (C=O) groups excluding carboxylic acids is 1. The molecule has 1 N–H and O–H groups in total. The summed E-state index contributed by atoms with van der Waals surface area (Å²) in [5.74, 6) is -0.783. The Balaban J connectivity index is 1.50. The predicted octanol–water partition coefficient (Wildman–Crippen LogP) is 5.78. The molecule has 1 saturated carbocycles. The van der Waals surface area contributed by atoms with Gasteiger partial charge < -0.3 is 19.2 Å². The van der Waals surface area contributed by atoms with Gasteiger partial charge in [0.05, 0.1) is 21.9 Å². The molecule has 0 radical (unpaired) electrons. The molecule has 1 amide bonds. The summed E-state index contributed by atoms with van der Waals surface area (Å²) in [5, 5.41) is 8.75. The van der Waals surface area contributed by atoms with Crippen molar-refractivity contribution in [2.45, 2.75) is 51.1 Å². The van der Waals surface area contributed by atoms with Crippen LogP contribution in [0.5, 0.6) is 5.75 Å². The second kappa shape index (κ2) is 10.9. The lowest BCUT2D eigenvalue weighted by molar-refractivity contribution is -0.137. The number of benzene rings is 2. The molecule has 1 fully saturated rings. The van der Waals surface area contributed by atoms with Gasteiger partial charge in [0, 0.05) is 35.6 Å². The summed E-state index contributed by atoms with van der Waals surface area (Å²) < 4.78 is 29.0. The SMILES string of the molecule is [2H]C([2H])(c1ccccc1OCCCCCC(=O)O)N(C(=O)c1ccc(-c2ccoc2)cc1)C1CC1. The van der Waals surface area contributed by atoms with Gasteiger partial charge in [0.2, 0.25) is 0 Å². The van der Waals surface area contributed by atoms with E-state index >= 15 is 0 Å². The van der Waals surface area contributed by atoms with E-state index in [1.54, 1.807) is 48.9 Å². The Kier molecular flexibility index (Phi) is 6.61. The maximum absolute atomic E-state index is 13.5. The fourth-order valence-electron chi connectivity index (χ4n) is 3.57. The summed E-state index contributed by atoms with van der Waals surface area (Å²) in [6.07, 6.45) is 6.81. The van der Waals surface area contributed by atoms with Crippen molar-refractivity contribution in [3.8, 4) is 16.9 Å². The van der Waals surface area contributed by atoms with Gasteiger partial charge in [-0.3, -0.25) is 9.59 Å². The fraction of sp³-hybridized carbons (Fsp3) is 0.333. The molecule has 0 spiro atoms. The molecule has 0 aliphatic heterocycles. The van der Waals surface area contributed by atoms with Gasteiger partial charge in [0.15, 0.2) is 0 Å². The van der Waals surface area contributed by atoms with Gasteiger partial charge in [-0.1, -0.05) is 30.3 Å². The summed E-state index contributed by atoms with van der Waals surface area (Å²) in [4.78, 5) is 25.5. The minimum Gasteiger partial charge on any atom is -0.493 e. The summed E-state index contributed by atoms with van der Waals surface area (Å²) in [6.45, 7) is -1.72. The van der Waals surface area contributed by atoms with E-state index in [4.69, 9.17) is 17.0 Å². The van der Waals surface area contributed by atoms with Crippen LogP contribution in [0.1, 0.15) is 57.2 Å². The number of hydrogen-bond acceptors (Lipinski definition) is 4. The standard InChI is InChI=1S/C27H29NO5/c29-26(30)8-2-1-5-16-33-25-7-4-3-6-22(25)18-28(24-13-14-24)27(31)21-11-9-20(10-12-21)23-15-17-32-19-23/h3-4,6-7,9-12,15,17,19,24H,1-2,5,8,13-14,16,18H2,(H,29,30)/i18D2. The van der Waals surface area contributed by atoms with Crippen LogP contribution >= 0.6 is 0 Å². The van der Waals surface area contributed by atoms with Crippen molar-refractivity contribution in [2.75, 3.05) is 6.61 Å². The Hall–Kier alpha value is -3.54. The van der Waals surface area contributed by atoms with Crippen molar-refractivity contribution in [2.24, 2.45) is 0 Å². The number of rotatable bonds is 12. The third-order valence-corrected chi connectivity index (χ3v) is 5.54. The van der Waals surface area contributed by atoms with E-state index in [1.807, 2.05) is 18.2 Å². The van der Waals surface area contributed by atoms with E-state index in [2.05, 4.69) is 0 Å². The molecule has 1 aliphatic rings. The number of para-hydroxylation sites is 1. The highest BCUT2D eigenvalue weighted by molar-refractivity contribution is 5.95. The van der Waals surface area contributed by atoms with Crippen molar-refractivity contribution < 1.29 is 26.6 Å². The van der Waals surface area contributed by atoms with Crippen LogP contribution in [0.4, 0.5) is 0 Å². The lowest BCUT2D eigenvalue weighted by Gasteiger charge is -2.24. The molecule has 1 aliphatic carbocycles. The molecular weight excluding hydrogens is 418 g/mol. The van der Waals surface area contributed by atoms with E-state index in [1.165, 1.54) is 4.90 Å². The second-order valence-electron chi connectivity index (χ2n) is 8.16. The Morgan fingerprint density at radius 1 is 1.03 bits per heavy atom. The van der Waals surface area contributed by atoms with Gasteiger partial charge in [0.1, 0.15) is 5.75 Å². The van der Waals surface area contributed by atoms with Crippen LogP contribution in [0.3, 0.4) is 0 Å². The first kappa shape index (κ1) is 20.1. The van der Waals surface area contributed by atoms with Crippen molar-refractivity contribution in [1.82, 2.24) is 4.90 Å². The van der Waals surface area contributed by atoms with Gasteiger partial charge in [-0.05, 0) is 61.9 Å². The average molecular weight is 450 g/mol. The number of aliphatic carboxylic acids is 1. The van der Waals surface area contributed by atoms with Crippen LogP contribution in [0.2, 0.25) is 0 Å². The molecule has 0 atom stereocenters. The number of hydrogen-bond donors (Lipinski definition) is 1. The summed E-state index contributed by atoms with van der Waals surface area (Å²) in [7, 11) is 0. The maximum atomic E-state index is 13.5. The number of carboxylic acid groups (broad SMARTS) is 1. The molecular formula is C27H29NO5. The van der Waals surface area contributed by atoms with E-state index in [0.717, 1.165) is 24.0 Å². The smallest absolute Gasteiger partial charge is 0.303 e. The van der Waals surface area contributed by atoms with Gasteiger partial charge >= 0.3 is 5.97 Å². The molecule has 6 heteroatoms. The summed E-state index contributed by atoms with van der Waals surface area (Å²) in [6, 6.07) is 15.7. The molecule has 0 unspecified atom stereocenters. The van der Waals surface area contributed by atoms with Gasteiger partial charge in [-0.2, -0.15) is 0 Å². The molecule has 1 heterocycles. The zero-order chi connectivity index (χ0) is 24.8. The quantitative estimate of drug-likeness (QED) is 0.355. The molecule has 1 aromatic heterocycles. The number of amides is 1. The third-order valence-electron chi connectivity index (χ3n) is 5.54. The number of furan rings is 1. The highest BCUT2D eigenvalue weighted by Gasteiger charge is 2.33. The number of carboxylic acids is 1. The molecule has 2 aromatic carbocycles. The third kappa shape index (κ3) is 6.25. The fourth-order valence-corrected chi connectivity index (χ4v) is 3.57. The first-order valence-electron chi connectivity index (χ1n) is 12.3. The molecule has 33 heavy (non-hydrogen) atoms. The number of ether oxygens (including phenoxy) is 1. The first-order valence-corrected chi connectivity index (χ1v) is 11.3. The monoisotopic (exact) mass is 449 g/mol. The van der Waals surface area contributed by atoms with Gasteiger partial charge in [-0.25, -0.2) is 0 Å². The van der Waals surface area contributed by atoms with Gasteiger partial charge in [0.25, 0.3) is 5.91 Å². The Bertz CT molecular complexity index is 1140. The van der Waals surface area contributed by atoms with Crippen LogP contribution in [-0.2, 0) is 11.3 Å². The van der Waals surface area contributed by atoms with Crippen molar-refractivity contribution in [3.05, 3.63) is 78.3 Å². The minimum absolute atomic E-state index is 0.126. The Labute approximate surface area is 196 Å². The highest BCUT2D eigenvalue weighted by atomic mass is 16.5. The molecule has 3 aromatic rings. The average Bonchev–Trinajstić information content (AvgIpc) is 3.51. The maximum Gasteiger partial charge on any atom is 0.303 e. The zero-order valence-corrected chi connectivity index (χ0v) is 18.4. The van der Waals surface area contributed by atoms with Crippen molar-refractivity contribution in [1.29, 1.82) is 0 Å². The molecule has 172 valence electrons. The normalized spacial score (nSPS) is 14.3. The highest BCUT2D eigenvalue weighted by Crippen LogP contribution is 2.32. The predicted molar refractivity (Wildman–Crippen MR) is 125 cm³/mol. The van der Waals surface area contributed by atoms with E-state index in [0.29, 0.717) is 42.7 Å². The van der Waals surface area contributed by atoms with Crippen LogP contribution < -0.4 is 4.74 Å². The number of nitrogens with zero attached hydrogens (tertiary/aromatic N) is 1. The van der Waals surface area contributed by atoms with Gasteiger partial charge in [-0.15, -0.1) is 0 Å². The number of unbranched alkanes of at least 4 members (excludes halogenated alkanes) is 2. The Morgan fingerprint density at radius 2 is 1.82 bits per heavy atom. The molecule has 0 bridgehead atoms. The second-order valence-corrected chi connectivity index (χ2v) is 8.16. The van der Waals surface area contributed by atoms with Crippen molar-refractivity contribution in [3.63, 3.8) is 0 Å². The lowest BCUT2D eigenvalue weighted by Crippen LogP contribution is -2.32. The van der Waals surface area contributed by atoms with E-state index < -0.39 is 12.5 Å². The lowest BCUT2D eigenvalue weighted by atomic mass is 10.1. The molecule has 6 nitrogen and oxygen atoms in total. The topological polar surface area (TPSA) is 80.0 Å². The van der Waals surface area contributed by atoms with Crippen LogP contribution in [0, 0.1) is 0 Å². The summed E-state index contributed by atoms with van der Waals surface area (Å²) in [5.41, 5.74) is 2.55. The van der Waals surface area contributed by atoms with Crippen LogP contribution in [-0.4, -0.2) is 34.5 Å². The van der Waals surface area contributed by atoms with E-state index in [-0.39, 0.29) is 18.4 Å².